The Morgan fingerprint density at radius 3 is 2.86 bits per heavy atom. The predicted molar refractivity (Wildman–Crippen MR) is 91.3 cm³/mol. The highest BCUT2D eigenvalue weighted by Crippen LogP contribution is 2.41. The first-order chi connectivity index (χ1) is 10.5. The van der Waals surface area contributed by atoms with Gasteiger partial charge in [-0.3, -0.25) is 4.90 Å². The molecule has 0 amide bonds. The van der Waals surface area contributed by atoms with Gasteiger partial charge in [0.1, 0.15) is 0 Å². The lowest BCUT2D eigenvalue weighted by Gasteiger charge is -2.53. The van der Waals surface area contributed by atoms with Gasteiger partial charge in [-0.25, -0.2) is 0 Å². The van der Waals surface area contributed by atoms with E-state index in [4.69, 9.17) is 11.6 Å². The molecule has 2 heterocycles. The summed E-state index contributed by atoms with van der Waals surface area (Å²) in [6, 6.07) is 6.79. The Balaban J connectivity index is 1.72. The number of aliphatic hydroxyl groups excluding tert-OH is 1. The van der Waals surface area contributed by atoms with Crippen molar-refractivity contribution >= 4 is 11.6 Å². The molecule has 1 N–H and O–H groups in total. The van der Waals surface area contributed by atoms with Crippen molar-refractivity contribution in [2.75, 3.05) is 33.3 Å². The molecular weight excluding hydrogens is 296 g/mol. The van der Waals surface area contributed by atoms with E-state index in [1.165, 1.54) is 17.5 Å². The van der Waals surface area contributed by atoms with Gasteiger partial charge in [0, 0.05) is 29.6 Å². The Labute approximate surface area is 138 Å². The number of fused-ring (bicyclic) bond motifs is 1. The molecule has 0 aromatic heterocycles. The Bertz CT molecular complexity index is 536. The predicted octanol–water partition coefficient (Wildman–Crippen LogP) is 2.93. The molecule has 22 heavy (non-hydrogen) atoms. The molecule has 2 aliphatic heterocycles. The largest absolute Gasteiger partial charge is 0.396 e. The molecule has 4 heteroatoms. The fraction of sp³-hybridized carbons (Fsp3) is 0.667. The summed E-state index contributed by atoms with van der Waals surface area (Å²) in [4.78, 5) is 4.94. The number of likely N-dealkylation sites (tertiary alicyclic amines) is 2. The number of aliphatic hydroxyl groups is 1. The first-order valence-electron chi connectivity index (χ1n) is 8.32. The van der Waals surface area contributed by atoms with Crippen molar-refractivity contribution in [3.8, 4) is 0 Å². The van der Waals surface area contributed by atoms with Gasteiger partial charge in [0.25, 0.3) is 0 Å². The summed E-state index contributed by atoms with van der Waals surface area (Å²) in [6.45, 7) is 6.52. The van der Waals surface area contributed by atoms with E-state index < -0.39 is 0 Å². The highest BCUT2D eigenvalue weighted by atomic mass is 35.5. The molecule has 0 aliphatic carbocycles. The topological polar surface area (TPSA) is 26.7 Å². The van der Waals surface area contributed by atoms with Crippen molar-refractivity contribution in [1.29, 1.82) is 0 Å². The standard InChI is InChI=1S/C18H27ClN2O/c1-14-4-5-15(16(19)10-14)11-21-9-7-18(13-22)6-3-8-20(2)17(18)12-21/h4-5,10,17,22H,3,6-9,11-13H2,1-2H3/t17-,18-/m1/s1. The van der Waals surface area contributed by atoms with Crippen LogP contribution in [0.3, 0.4) is 0 Å². The Kier molecular flexibility index (Phi) is 4.79. The molecule has 0 unspecified atom stereocenters. The normalized spacial score (nSPS) is 30.3. The van der Waals surface area contributed by atoms with Gasteiger partial charge in [-0.1, -0.05) is 23.7 Å². The van der Waals surface area contributed by atoms with Crippen molar-refractivity contribution in [2.24, 2.45) is 5.41 Å². The molecule has 0 saturated carbocycles. The summed E-state index contributed by atoms with van der Waals surface area (Å²) in [7, 11) is 2.20. The van der Waals surface area contributed by atoms with Crippen LogP contribution in [0.15, 0.2) is 18.2 Å². The Hall–Kier alpha value is -0.610. The highest BCUT2D eigenvalue weighted by molar-refractivity contribution is 6.31. The summed E-state index contributed by atoms with van der Waals surface area (Å²) in [5.74, 6) is 0. The van der Waals surface area contributed by atoms with Crippen LogP contribution in [-0.4, -0.2) is 54.2 Å². The maximum absolute atomic E-state index is 9.98. The van der Waals surface area contributed by atoms with Gasteiger partial charge in [0.2, 0.25) is 0 Å². The third kappa shape index (κ3) is 3.05. The van der Waals surface area contributed by atoms with Crippen LogP contribution in [0.4, 0.5) is 0 Å². The molecule has 1 aromatic carbocycles. The van der Waals surface area contributed by atoms with Crippen molar-refractivity contribution < 1.29 is 5.11 Å². The second-order valence-corrected chi connectivity index (χ2v) is 7.61. The number of hydrogen-bond acceptors (Lipinski definition) is 3. The summed E-state index contributed by atoms with van der Waals surface area (Å²) in [6.07, 6.45) is 3.46. The molecule has 2 atom stereocenters. The molecule has 3 nitrogen and oxygen atoms in total. The highest BCUT2D eigenvalue weighted by Gasteiger charge is 2.46. The summed E-state index contributed by atoms with van der Waals surface area (Å²) < 4.78 is 0. The minimum absolute atomic E-state index is 0.112. The number of rotatable bonds is 3. The summed E-state index contributed by atoms with van der Waals surface area (Å²) in [5.41, 5.74) is 2.53. The zero-order chi connectivity index (χ0) is 15.7. The van der Waals surface area contributed by atoms with Gasteiger partial charge in [0.05, 0.1) is 6.61 Å². The van der Waals surface area contributed by atoms with Gasteiger partial charge in [0.15, 0.2) is 0 Å². The summed E-state index contributed by atoms with van der Waals surface area (Å²) >= 11 is 6.39. The molecule has 0 bridgehead atoms. The van der Waals surface area contributed by atoms with Crippen LogP contribution >= 0.6 is 11.6 Å². The van der Waals surface area contributed by atoms with Crippen LogP contribution < -0.4 is 0 Å². The molecule has 2 fully saturated rings. The average molecular weight is 323 g/mol. The maximum atomic E-state index is 9.98. The quantitative estimate of drug-likeness (QED) is 0.927. The lowest BCUT2D eigenvalue weighted by atomic mass is 9.69. The van der Waals surface area contributed by atoms with E-state index in [1.54, 1.807) is 0 Å². The average Bonchev–Trinajstić information content (AvgIpc) is 2.51. The molecule has 1 aromatic rings. The number of hydrogen-bond donors (Lipinski definition) is 1. The molecule has 0 radical (unpaired) electrons. The second kappa shape index (κ2) is 6.48. The van der Waals surface area contributed by atoms with E-state index in [0.717, 1.165) is 44.0 Å². The number of aryl methyl sites for hydroxylation is 1. The van der Waals surface area contributed by atoms with E-state index in [0.29, 0.717) is 12.6 Å². The van der Waals surface area contributed by atoms with Crippen LogP contribution in [0.2, 0.25) is 5.02 Å². The lowest BCUT2D eigenvalue weighted by Crippen LogP contribution is -2.61. The van der Waals surface area contributed by atoms with Crippen LogP contribution in [0.1, 0.15) is 30.4 Å². The Morgan fingerprint density at radius 2 is 2.14 bits per heavy atom. The van der Waals surface area contributed by atoms with E-state index in [1.807, 2.05) is 6.07 Å². The molecule has 2 saturated heterocycles. The van der Waals surface area contributed by atoms with Crippen LogP contribution in [0, 0.1) is 12.3 Å². The lowest BCUT2D eigenvalue weighted by molar-refractivity contribution is -0.0684. The molecule has 0 spiro atoms. The summed E-state index contributed by atoms with van der Waals surface area (Å²) in [5, 5.41) is 10.9. The number of likely N-dealkylation sites (N-methyl/N-ethyl adjacent to an activating group) is 1. The molecular formula is C18H27ClN2O. The molecule has 122 valence electrons. The SMILES string of the molecule is Cc1ccc(CN2CC[C@@]3(CO)CCCN(C)[C@@H]3C2)c(Cl)c1. The van der Waals surface area contributed by atoms with Crippen LogP contribution in [0.5, 0.6) is 0 Å². The third-order valence-electron chi connectivity index (χ3n) is 5.70. The first-order valence-corrected chi connectivity index (χ1v) is 8.70. The zero-order valence-electron chi connectivity index (χ0n) is 13.7. The van der Waals surface area contributed by atoms with E-state index in [9.17, 15) is 5.11 Å². The second-order valence-electron chi connectivity index (χ2n) is 7.20. The number of benzene rings is 1. The fourth-order valence-electron chi connectivity index (χ4n) is 4.24. The van der Waals surface area contributed by atoms with E-state index in [-0.39, 0.29) is 5.41 Å². The Morgan fingerprint density at radius 1 is 1.32 bits per heavy atom. The minimum atomic E-state index is 0.112. The van der Waals surface area contributed by atoms with Crippen molar-refractivity contribution in [3.63, 3.8) is 0 Å². The van der Waals surface area contributed by atoms with Crippen LogP contribution in [-0.2, 0) is 6.54 Å². The van der Waals surface area contributed by atoms with E-state index >= 15 is 0 Å². The number of piperidine rings is 2. The minimum Gasteiger partial charge on any atom is -0.396 e. The van der Waals surface area contributed by atoms with Gasteiger partial charge in [-0.05, 0) is 63.5 Å². The molecule has 3 rings (SSSR count). The van der Waals surface area contributed by atoms with Gasteiger partial charge in [-0.15, -0.1) is 0 Å². The first kappa shape index (κ1) is 16.3. The zero-order valence-corrected chi connectivity index (χ0v) is 14.4. The fourth-order valence-corrected chi connectivity index (χ4v) is 4.54. The van der Waals surface area contributed by atoms with Gasteiger partial charge >= 0.3 is 0 Å². The van der Waals surface area contributed by atoms with Crippen LogP contribution in [0.25, 0.3) is 0 Å². The maximum Gasteiger partial charge on any atom is 0.0503 e. The number of halogens is 1. The van der Waals surface area contributed by atoms with Crippen molar-refractivity contribution in [3.05, 3.63) is 34.3 Å². The van der Waals surface area contributed by atoms with Gasteiger partial charge < -0.3 is 10.0 Å². The monoisotopic (exact) mass is 322 g/mol. The number of nitrogens with zero attached hydrogens (tertiary/aromatic N) is 2. The van der Waals surface area contributed by atoms with E-state index in [2.05, 4.69) is 35.9 Å². The van der Waals surface area contributed by atoms with Gasteiger partial charge in [-0.2, -0.15) is 0 Å². The van der Waals surface area contributed by atoms with Crippen molar-refractivity contribution in [1.82, 2.24) is 9.80 Å². The third-order valence-corrected chi connectivity index (χ3v) is 6.05. The smallest absolute Gasteiger partial charge is 0.0503 e. The van der Waals surface area contributed by atoms with Crippen molar-refractivity contribution in [2.45, 2.75) is 38.8 Å². The molecule has 2 aliphatic rings.